The Morgan fingerprint density at radius 2 is 2.11 bits per heavy atom. The standard InChI is InChI=1S/C15H20BrN3/c1-11(2)9-17-10-13-6-7-19(18-13)14-5-4-12(3)15(16)8-14/h4-8,11,17H,9-10H2,1-3H3. The lowest BCUT2D eigenvalue weighted by molar-refractivity contribution is 0.546. The van der Waals surface area contributed by atoms with Crippen molar-refractivity contribution in [1.82, 2.24) is 15.1 Å². The number of rotatable bonds is 5. The molecule has 0 atom stereocenters. The van der Waals surface area contributed by atoms with Crippen molar-refractivity contribution in [3.63, 3.8) is 0 Å². The van der Waals surface area contributed by atoms with Crippen LogP contribution in [0.3, 0.4) is 0 Å². The summed E-state index contributed by atoms with van der Waals surface area (Å²) in [6.07, 6.45) is 2.00. The van der Waals surface area contributed by atoms with Crippen LogP contribution < -0.4 is 5.32 Å². The molecule has 0 saturated heterocycles. The van der Waals surface area contributed by atoms with Gasteiger partial charge in [0.2, 0.25) is 0 Å². The van der Waals surface area contributed by atoms with Crippen LogP contribution in [0, 0.1) is 12.8 Å². The van der Waals surface area contributed by atoms with Gasteiger partial charge < -0.3 is 5.32 Å². The van der Waals surface area contributed by atoms with E-state index < -0.39 is 0 Å². The van der Waals surface area contributed by atoms with Crippen molar-refractivity contribution in [2.75, 3.05) is 6.54 Å². The molecule has 3 nitrogen and oxygen atoms in total. The van der Waals surface area contributed by atoms with E-state index in [1.165, 1.54) is 5.56 Å². The highest BCUT2D eigenvalue weighted by Gasteiger charge is 2.03. The summed E-state index contributed by atoms with van der Waals surface area (Å²) in [6.45, 7) is 8.32. The molecule has 0 spiro atoms. The highest BCUT2D eigenvalue weighted by molar-refractivity contribution is 9.10. The lowest BCUT2D eigenvalue weighted by atomic mass is 10.2. The van der Waals surface area contributed by atoms with Crippen molar-refractivity contribution in [3.8, 4) is 5.69 Å². The molecule has 0 unspecified atom stereocenters. The van der Waals surface area contributed by atoms with Crippen LogP contribution in [-0.2, 0) is 6.54 Å². The molecule has 2 aromatic rings. The van der Waals surface area contributed by atoms with Crippen LogP contribution in [0.25, 0.3) is 5.69 Å². The third kappa shape index (κ3) is 3.91. The fraction of sp³-hybridized carbons (Fsp3) is 0.400. The fourth-order valence-corrected chi connectivity index (χ4v) is 2.18. The van der Waals surface area contributed by atoms with Crippen LogP contribution >= 0.6 is 15.9 Å². The number of nitrogens with zero attached hydrogens (tertiary/aromatic N) is 2. The van der Waals surface area contributed by atoms with Crippen LogP contribution in [-0.4, -0.2) is 16.3 Å². The van der Waals surface area contributed by atoms with E-state index in [0.29, 0.717) is 5.92 Å². The maximum atomic E-state index is 4.58. The Bertz CT molecular complexity index is 546. The molecular weight excluding hydrogens is 302 g/mol. The van der Waals surface area contributed by atoms with Gasteiger partial charge >= 0.3 is 0 Å². The second-order valence-corrected chi connectivity index (χ2v) is 6.06. The summed E-state index contributed by atoms with van der Waals surface area (Å²) in [7, 11) is 0. The van der Waals surface area contributed by atoms with Crippen molar-refractivity contribution in [2.45, 2.75) is 27.3 Å². The van der Waals surface area contributed by atoms with Crippen molar-refractivity contribution in [3.05, 3.63) is 46.2 Å². The van der Waals surface area contributed by atoms with Gasteiger partial charge in [0.05, 0.1) is 11.4 Å². The van der Waals surface area contributed by atoms with Gasteiger partial charge in [0.25, 0.3) is 0 Å². The Kier molecular flexibility index (Phi) is 4.77. The summed E-state index contributed by atoms with van der Waals surface area (Å²) in [6, 6.07) is 8.32. The van der Waals surface area contributed by atoms with Gasteiger partial charge in [-0.05, 0) is 43.1 Å². The molecule has 0 aliphatic heterocycles. The van der Waals surface area contributed by atoms with E-state index in [0.717, 1.165) is 28.9 Å². The van der Waals surface area contributed by atoms with E-state index >= 15 is 0 Å². The smallest absolute Gasteiger partial charge is 0.0766 e. The summed E-state index contributed by atoms with van der Waals surface area (Å²) < 4.78 is 3.02. The monoisotopic (exact) mass is 321 g/mol. The van der Waals surface area contributed by atoms with Crippen molar-refractivity contribution in [2.24, 2.45) is 5.92 Å². The van der Waals surface area contributed by atoms with Crippen molar-refractivity contribution < 1.29 is 0 Å². The first-order chi connectivity index (χ1) is 9.06. The van der Waals surface area contributed by atoms with Gasteiger partial charge in [-0.1, -0.05) is 35.8 Å². The Labute approximate surface area is 123 Å². The number of aromatic nitrogens is 2. The molecule has 0 bridgehead atoms. The minimum absolute atomic E-state index is 0.662. The molecule has 0 saturated carbocycles. The van der Waals surface area contributed by atoms with Gasteiger partial charge in [-0.25, -0.2) is 4.68 Å². The van der Waals surface area contributed by atoms with Crippen LogP contribution in [0.1, 0.15) is 25.1 Å². The second kappa shape index (κ2) is 6.35. The van der Waals surface area contributed by atoms with Gasteiger partial charge in [0.1, 0.15) is 0 Å². The van der Waals surface area contributed by atoms with E-state index in [1.807, 2.05) is 10.9 Å². The highest BCUT2D eigenvalue weighted by Crippen LogP contribution is 2.19. The minimum atomic E-state index is 0.662. The molecule has 1 aromatic heterocycles. The van der Waals surface area contributed by atoms with Crippen LogP contribution in [0.2, 0.25) is 0 Å². The first-order valence-corrected chi connectivity index (χ1v) is 7.37. The summed E-state index contributed by atoms with van der Waals surface area (Å²) in [5.41, 5.74) is 3.37. The quantitative estimate of drug-likeness (QED) is 0.910. The zero-order valence-corrected chi connectivity index (χ0v) is 13.2. The van der Waals surface area contributed by atoms with E-state index in [2.05, 4.69) is 71.4 Å². The minimum Gasteiger partial charge on any atom is -0.311 e. The fourth-order valence-electron chi connectivity index (χ4n) is 1.81. The van der Waals surface area contributed by atoms with E-state index in [-0.39, 0.29) is 0 Å². The molecule has 2 rings (SSSR count). The van der Waals surface area contributed by atoms with E-state index in [1.54, 1.807) is 0 Å². The summed E-state index contributed by atoms with van der Waals surface area (Å²) >= 11 is 3.55. The van der Waals surface area contributed by atoms with Gasteiger partial charge in [-0.15, -0.1) is 0 Å². The SMILES string of the molecule is Cc1ccc(-n2ccc(CNCC(C)C)n2)cc1Br. The molecule has 1 heterocycles. The Morgan fingerprint density at radius 1 is 1.32 bits per heavy atom. The predicted octanol–water partition coefficient (Wildman–Crippen LogP) is 3.69. The number of benzene rings is 1. The highest BCUT2D eigenvalue weighted by atomic mass is 79.9. The Hall–Kier alpha value is -1.13. The lowest BCUT2D eigenvalue weighted by Crippen LogP contribution is -2.19. The van der Waals surface area contributed by atoms with E-state index in [9.17, 15) is 0 Å². The van der Waals surface area contributed by atoms with Crippen molar-refractivity contribution in [1.29, 1.82) is 0 Å². The van der Waals surface area contributed by atoms with Gasteiger partial charge in [0, 0.05) is 17.2 Å². The van der Waals surface area contributed by atoms with Crippen molar-refractivity contribution >= 4 is 15.9 Å². The molecule has 0 aliphatic carbocycles. The molecular formula is C15H20BrN3. The molecule has 0 radical (unpaired) electrons. The van der Waals surface area contributed by atoms with Crippen LogP contribution in [0.15, 0.2) is 34.9 Å². The first-order valence-electron chi connectivity index (χ1n) is 6.58. The second-order valence-electron chi connectivity index (χ2n) is 5.21. The number of hydrogen-bond acceptors (Lipinski definition) is 2. The molecule has 0 amide bonds. The average molecular weight is 322 g/mol. The third-order valence-electron chi connectivity index (χ3n) is 2.92. The third-order valence-corrected chi connectivity index (χ3v) is 3.78. The Morgan fingerprint density at radius 3 is 2.79 bits per heavy atom. The van der Waals surface area contributed by atoms with Crippen LogP contribution in [0.5, 0.6) is 0 Å². The average Bonchev–Trinajstić information content (AvgIpc) is 2.81. The summed E-state index contributed by atoms with van der Waals surface area (Å²) in [4.78, 5) is 0. The normalized spacial score (nSPS) is 11.2. The Balaban J connectivity index is 2.05. The number of halogens is 1. The molecule has 0 fully saturated rings. The maximum absolute atomic E-state index is 4.58. The van der Waals surface area contributed by atoms with Gasteiger partial charge in [0.15, 0.2) is 0 Å². The topological polar surface area (TPSA) is 29.9 Å². The van der Waals surface area contributed by atoms with E-state index in [4.69, 9.17) is 0 Å². The molecule has 19 heavy (non-hydrogen) atoms. The number of aryl methyl sites for hydroxylation is 1. The molecule has 0 aliphatic rings. The first kappa shape index (κ1) is 14.3. The molecule has 102 valence electrons. The summed E-state index contributed by atoms with van der Waals surface area (Å²) in [5, 5.41) is 7.98. The number of hydrogen-bond donors (Lipinski definition) is 1. The zero-order valence-electron chi connectivity index (χ0n) is 11.7. The molecule has 1 aromatic carbocycles. The van der Waals surface area contributed by atoms with Crippen LogP contribution in [0.4, 0.5) is 0 Å². The molecule has 1 N–H and O–H groups in total. The predicted molar refractivity (Wildman–Crippen MR) is 82.5 cm³/mol. The lowest BCUT2D eigenvalue weighted by Gasteiger charge is -2.06. The van der Waals surface area contributed by atoms with Gasteiger partial charge in [-0.2, -0.15) is 5.10 Å². The van der Waals surface area contributed by atoms with Gasteiger partial charge in [-0.3, -0.25) is 0 Å². The largest absolute Gasteiger partial charge is 0.311 e. The number of nitrogens with one attached hydrogen (secondary N) is 1. The zero-order chi connectivity index (χ0) is 13.8. The maximum Gasteiger partial charge on any atom is 0.0766 e. The molecule has 4 heteroatoms. The summed E-state index contributed by atoms with van der Waals surface area (Å²) in [5.74, 6) is 0.662.